The van der Waals surface area contributed by atoms with Crippen LogP contribution in [0.25, 0.3) is 0 Å². The standard InChI is InChI=1S/C15H28N2O5S/c1-9(2)7-10(17-14(20)22-15(3,4)5)12(18)16-11(8-23)13(19)21-6/h9-11,23H,7-8H2,1-6H3,(H,16,18)(H,17,20)/t10-,11+/m1/s1. The number of hydrogen-bond donors (Lipinski definition) is 3. The number of methoxy groups -OCH3 is 1. The predicted molar refractivity (Wildman–Crippen MR) is 90.4 cm³/mol. The summed E-state index contributed by atoms with van der Waals surface area (Å²) in [6, 6.07) is -1.68. The summed E-state index contributed by atoms with van der Waals surface area (Å²) in [5, 5.41) is 5.07. The molecule has 8 heteroatoms. The molecule has 0 aliphatic rings. The molecule has 7 nitrogen and oxygen atoms in total. The SMILES string of the molecule is COC(=O)[C@H](CS)NC(=O)[C@@H](CC(C)C)NC(=O)OC(C)(C)C. The van der Waals surface area contributed by atoms with Gasteiger partial charge in [-0.05, 0) is 33.1 Å². The molecule has 0 bridgehead atoms. The molecule has 0 saturated carbocycles. The van der Waals surface area contributed by atoms with Crippen LogP contribution in [0.4, 0.5) is 4.79 Å². The van der Waals surface area contributed by atoms with E-state index in [2.05, 4.69) is 28.0 Å². The number of nitrogens with one attached hydrogen (secondary N) is 2. The maximum atomic E-state index is 12.3. The molecule has 0 spiro atoms. The number of rotatable bonds is 7. The highest BCUT2D eigenvalue weighted by Gasteiger charge is 2.28. The zero-order valence-electron chi connectivity index (χ0n) is 14.6. The van der Waals surface area contributed by atoms with E-state index < -0.39 is 35.7 Å². The maximum Gasteiger partial charge on any atom is 0.408 e. The van der Waals surface area contributed by atoms with Crippen molar-refractivity contribution in [2.45, 2.75) is 58.7 Å². The van der Waals surface area contributed by atoms with Crippen LogP contribution in [0.1, 0.15) is 41.0 Å². The van der Waals surface area contributed by atoms with Crippen LogP contribution in [0.2, 0.25) is 0 Å². The number of carbonyl (C=O) groups excluding carboxylic acids is 3. The Kier molecular flexibility index (Phi) is 9.04. The van der Waals surface area contributed by atoms with E-state index in [-0.39, 0.29) is 11.7 Å². The van der Waals surface area contributed by atoms with Crippen molar-refractivity contribution in [2.24, 2.45) is 5.92 Å². The molecule has 134 valence electrons. The Labute approximate surface area is 143 Å². The molecule has 0 rings (SSSR count). The van der Waals surface area contributed by atoms with E-state index in [0.29, 0.717) is 6.42 Å². The first-order chi connectivity index (χ1) is 10.5. The maximum absolute atomic E-state index is 12.3. The van der Waals surface area contributed by atoms with Gasteiger partial charge in [-0.3, -0.25) is 4.79 Å². The third kappa shape index (κ3) is 9.32. The fourth-order valence-electron chi connectivity index (χ4n) is 1.75. The van der Waals surface area contributed by atoms with Gasteiger partial charge in [-0.1, -0.05) is 13.8 Å². The van der Waals surface area contributed by atoms with Crippen molar-refractivity contribution >= 4 is 30.6 Å². The van der Waals surface area contributed by atoms with Crippen LogP contribution in [0.15, 0.2) is 0 Å². The molecule has 0 saturated heterocycles. The summed E-state index contributed by atoms with van der Waals surface area (Å²) < 4.78 is 9.76. The highest BCUT2D eigenvalue weighted by atomic mass is 32.1. The average molecular weight is 348 g/mol. The fourth-order valence-corrected chi connectivity index (χ4v) is 1.99. The van der Waals surface area contributed by atoms with E-state index >= 15 is 0 Å². The van der Waals surface area contributed by atoms with Crippen molar-refractivity contribution in [1.82, 2.24) is 10.6 Å². The number of carbonyl (C=O) groups is 3. The zero-order chi connectivity index (χ0) is 18.2. The van der Waals surface area contributed by atoms with E-state index in [4.69, 9.17) is 4.74 Å². The first-order valence-electron chi connectivity index (χ1n) is 7.48. The zero-order valence-corrected chi connectivity index (χ0v) is 15.5. The van der Waals surface area contributed by atoms with Gasteiger partial charge in [0.25, 0.3) is 0 Å². The first-order valence-corrected chi connectivity index (χ1v) is 8.12. The molecule has 0 aromatic rings. The van der Waals surface area contributed by atoms with Crippen molar-refractivity contribution < 1.29 is 23.9 Å². The van der Waals surface area contributed by atoms with E-state index in [1.165, 1.54) is 7.11 Å². The molecule has 0 fully saturated rings. The second kappa shape index (κ2) is 9.64. The third-order valence-electron chi connectivity index (χ3n) is 2.70. The number of amides is 2. The number of ether oxygens (including phenoxy) is 2. The summed E-state index contributed by atoms with van der Waals surface area (Å²) in [7, 11) is 1.23. The Morgan fingerprint density at radius 2 is 1.65 bits per heavy atom. The van der Waals surface area contributed by atoms with Gasteiger partial charge in [-0.15, -0.1) is 0 Å². The second-order valence-electron chi connectivity index (χ2n) is 6.60. The average Bonchev–Trinajstić information content (AvgIpc) is 2.40. The van der Waals surface area contributed by atoms with Gasteiger partial charge in [0.05, 0.1) is 7.11 Å². The Morgan fingerprint density at radius 3 is 2.04 bits per heavy atom. The van der Waals surface area contributed by atoms with Crippen LogP contribution < -0.4 is 10.6 Å². The fraction of sp³-hybridized carbons (Fsp3) is 0.800. The summed E-state index contributed by atoms with van der Waals surface area (Å²) in [6.07, 6.45) is -0.273. The molecule has 2 amide bonds. The van der Waals surface area contributed by atoms with Crippen LogP contribution >= 0.6 is 12.6 Å². The normalized spacial score (nSPS) is 13.9. The molecular weight excluding hydrogens is 320 g/mol. The molecule has 0 aliphatic carbocycles. The predicted octanol–water partition coefficient (Wildman–Crippen LogP) is 1.51. The minimum Gasteiger partial charge on any atom is -0.467 e. The molecule has 2 atom stereocenters. The van der Waals surface area contributed by atoms with Gasteiger partial charge in [-0.2, -0.15) is 12.6 Å². The molecule has 0 radical (unpaired) electrons. The lowest BCUT2D eigenvalue weighted by Crippen LogP contribution is -2.53. The molecule has 0 aliphatic heterocycles. The van der Waals surface area contributed by atoms with Crippen LogP contribution in [0.5, 0.6) is 0 Å². The summed E-state index contributed by atoms with van der Waals surface area (Å²) >= 11 is 4.02. The van der Waals surface area contributed by atoms with Gasteiger partial charge in [0.2, 0.25) is 5.91 Å². The van der Waals surface area contributed by atoms with Gasteiger partial charge in [0, 0.05) is 5.75 Å². The number of thiol groups is 1. The lowest BCUT2D eigenvalue weighted by atomic mass is 10.0. The highest BCUT2D eigenvalue weighted by molar-refractivity contribution is 7.80. The molecule has 0 unspecified atom stereocenters. The van der Waals surface area contributed by atoms with Crippen LogP contribution in [0, 0.1) is 5.92 Å². The van der Waals surface area contributed by atoms with Gasteiger partial charge >= 0.3 is 12.1 Å². The molecule has 0 aromatic carbocycles. The van der Waals surface area contributed by atoms with Crippen molar-refractivity contribution in [2.75, 3.05) is 12.9 Å². The molecule has 0 heterocycles. The van der Waals surface area contributed by atoms with Crippen molar-refractivity contribution in [3.63, 3.8) is 0 Å². The molecule has 23 heavy (non-hydrogen) atoms. The summed E-state index contributed by atoms with van der Waals surface area (Å²) in [5.41, 5.74) is -0.664. The first kappa shape index (κ1) is 21.6. The van der Waals surface area contributed by atoms with E-state index in [1.54, 1.807) is 20.8 Å². The minimum atomic E-state index is -0.870. The number of hydrogen-bond acceptors (Lipinski definition) is 6. The van der Waals surface area contributed by atoms with Gasteiger partial charge in [0.1, 0.15) is 17.7 Å². The van der Waals surface area contributed by atoms with Crippen molar-refractivity contribution in [3.8, 4) is 0 Å². The van der Waals surface area contributed by atoms with Crippen LogP contribution in [0.3, 0.4) is 0 Å². The van der Waals surface area contributed by atoms with Gasteiger partial charge < -0.3 is 20.1 Å². The van der Waals surface area contributed by atoms with E-state index in [9.17, 15) is 14.4 Å². The lowest BCUT2D eigenvalue weighted by molar-refractivity contribution is -0.144. The van der Waals surface area contributed by atoms with E-state index in [0.717, 1.165) is 0 Å². The van der Waals surface area contributed by atoms with Gasteiger partial charge in [0.15, 0.2) is 0 Å². The number of esters is 1. The van der Waals surface area contributed by atoms with Gasteiger partial charge in [-0.25, -0.2) is 9.59 Å². The second-order valence-corrected chi connectivity index (χ2v) is 6.96. The molecule has 2 N–H and O–H groups in total. The third-order valence-corrected chi connectivity index (χ3v) is 3.06. The Morgan fingerprint density at radius 1 is 1.09 bits per heavy atom. The Bertz CT molecular complexity index is 421. The largest absolute Gasteiger partial charge is 0.467 e. The Balaban J connectivity index is 4.91. The molecular formula is C15H28N2O5S. The van der Waals surface area contributed by atoms with E-state index in [1.807, 2.05) is 13.8 Å². The smallest absolute Gasteiger partial charge is 0.408 e. The monoisotopic (exact) mass is 348 g/mol. The van der Waals surface area contributed by atoms with Crippen molar-refractivity contribution in [3.05, 3.63) is 0 Å². The number of alkyl carbamates (subject to hydrolysis) is 1. The Hall–Kier alpha value is -1.44. The van der Waals surface area contributed by atoms with Crippen LogP contribution in [-0.4, -0.2) is 48.5 Å². The quantitative estimate of drug-likeness (QED) is 0.479. The topological polar surface area (TPSA) is 93.7 Å². The summed E-state index contributed by atoms with van der Waals surface area (Å²) in [5.74, 6) is -0.810. The summed E-state index contributed by atoms with van der Waals surface area (Å²) in [4.78, 5) is 35.8. The molecule has 0 aromatic heterocycles. The van der Waals surface area contributed by atoms with Crippen LogP contribution in [-0.2, 0) is 19.1 Å². The lowest BCUT2D eigenvalue weighted by Gasteiger charge is -2.25. The van der Waals surface area contributed by atoms with Crippen molar-refractivity contribution in [1.29, 1.82) is 0 Å². The minimum absolute atomic E-state index is 0.0965. The highest BCUT2D eigenvalue weighted by Crippen LogP contribution is 2.10. The summed E-state index contributed by atoms with van der Waals surface area (Å²) in [6.45, 7) is 9.05.